The molecule has 708 valence electrons. The molecule has 3 saturated heterocycles. The molecule has 1 unspecified atom stereocenters. The van der Waals surface area contributed by atoms with Gasteiger partial charge in [-0.05, 0) is 128 Å². The number of aryl methyl sites for hydroxylation is 1. The fourth-order valence-electron chi connectivity index (χ4n) is 16.5. The second-order valence-corrected chi connectivity index (χ2v) is 35.7. The van der Waals surface area contributed by atoms with Crippen LogP contribution in [0.5, 0.6) is 5.75 Å². The van der Waals surface area contributed by atoms with Gasteiger partial charge >= 0.3 is 5.97 Å². The van der Waals surface area contributed by atoms with Crippen molar-refractivity contribution in [1.82, 2.24) is 77.3 Å². The fourth-order valence-corrected chi connectivity index (χ4v) is 17.4. The summed E-state index contributed by atoms with van der Waals surface area (Å²) in [6.07, 6.45) is 1.11. The number of carboxylic acid groups (broad SMARTS) is 1. The number of unbranched alkanes of at least 4 members (excludes halogenated alkanes) is 1. The number of carbonyl (C=O) groups is 15. The Morgan fingerprint density at radius 1 is 0.550 bits per heavy atom. The number of phenolic OH excluding ortho intramolecular Hbond substituents is 1. The molecule has 5 aromatic carbocycles. The van der Waals surface area contributed by atoms with Crippen molar-refractivity contribution in [3.05, 3.63) is 173 Å². The smallest absolute Gasteiger partial charge is 0.305 e. The fraction of sp³-hybridized carbons (Fsp3) is 0.500. The SMILES string of the molecule is CCCC[C@H]1C(=O)N2CCC[C@@H]2C(=O)N[C@@H](CC(=O)O)C(=O)N[C@@H](C(C)C)C(=O)N(C)[C@@H](Cc2ccc(C)cc2)C(=O)N[C@@H](CCN)C(=O)N2CCC[C@@H]2C(=O)N[C@@H](Cc2c[nH]c3ccccc23)C(=O)N[C@@H](Cc2ccc(O)cc2)C(=O)N[C@@H](CC(C)C)C(=O)N[C@H](COCNCC(N)=O)CSCC(=O)N[C@@H](Cc2ccc(F)cc2)C(=O)N(C)C(Cc2ccccc2)C(=O)N1C. The number of amides is 14. The number of hydrogen-bond donors (Lipinski definition) is 14. The molecule has 3 aliphatic rings. The summed E-state index contributed by atoms with van der Waals surface area (Å²) >= 11 is 1.01. The van der Waals surface area contributed by atoms with Gasteiger partial charge in [0.15, 0.2) is 0 Å². The number of likely N-dealkylation sites (N-methyl/N-ethyl adjacent to an activating group) is 3. The number of rotatable bonds is 26. The molecular formula is C94H126FN17O18S. The number of hydrogen-bond acceptors (Lipinski definition) is 20. The van der Waals surface area contributed by atoms with E-state index in [2.05, 4.69) is 52.8 Å². The van der Waals surface area contributed by atoms with E-state index in [0.717, 1.165) is 22.2 Å². The minimum atomic E-state index is -1.88. The Balaban J connectivity index is 1.11. The third-order valence-electron chi connectivity index (χ3n) is 23.7. The van der Waals surface area contributed by atoms with Gasteiger partial charge < -0.3 is 98.4 Å². The van der Waals surface area contributed by atoms with Crippen LogP contribution in [0.1, 0.15) is 132 Å². The maximum atomic E-state index is 15.7. The van der Waals surface area contributed by atoms with Gasteiger partial charge in [-0.1, -0.05) is 150 Å². The zero-order chi connectivity index (χ0) is 95.3. The number of thioether (sulfide) groups is 1. The molecule has 35 nitrogen and oxygen atoms in total. The predicted molar refractivity (Wildman–Crippen MR) is 489 cm³/mol. The highest BCUT2D eigenvalue weighted by atomic mass is 32.2. The van der Waals surface area contributed by atoms with Gasteiger partial charge in [0.2, 0.25) is 82.7 Å². The summed E-state index contributed by atoms with van der Waals surface area (Å²) in [6, 6.07) is 15.6. The van der Waals surface area contributed by atoms with Gasteiger partial charge in [0.05, 0.1) is 38.1 Å². The summed E-state index contributed by atoms with van der Waals surface area (Å²) in [7, 11) is 4.09. The summed E-state index contributed by atoms with van der Waals surface area (Å²) in [5, 5.41) is 46.7. The second kappa shape index (κ2) is 49.6. The Labute approximate surface area is 766 Å². The Morgan fingerprint density at radius 2 is 1.08 bits per heavy atom. The number of phenols is 1. The number of ether oxygens (including phenoxy) is 1. The van der Waals surface area contributed by atoms with E-state index in [1.54, 1.807) is 86.8 Å². The van der Waals surface area contributed by atoms with Crippen molar-refractivity contribution in [2.75, 3.05) is 72.2 Å². The third kappa shape index (κ3) is 29.6. The minimum absolute atomic E-state index is 0.00917. The molecule has 16 N–H and O–H groups in total. The van der Waals surface area contributed by atoms with Gasteiger partial charge in [-0.2, -0.15) is 0 Å². The molecule has 1 aromatic heterocycles. The standard InChI is InChI=1S/C94H126FN17O18S/c1-10-11-23-76-93(128)112-41-18-25-75(112)88(123)106-72(48-81(116)117)86(121)107-82(56(4)5)94(129)109(8)77(45-61-28-26-57(6)27-29-61)89(124)102-68(38-39-96)91(126)111-40-17-24-74(111)87(122)105-71(47-62-49-99-67-22-16-15-21-66(62)67)85(120)104-70(43-60-32-36-65(113)37-33-60)84(119)103-69(42-55(2)3)83(118)100-64(51-130-54-98-50-79(97)114)52-131-53-80(115)101-73(44-59-30-34-63(95)35-31-59)90(125)110(9)78(92(127)108(76)7)46-58-19-13-12-14-20-58/h12-16,19-22,26-37,49,55-56,64,68-78,82,98-99,113H,10-11,17-18,23-25,38-48,50-54,96H2,1-9H3,(H2,97,114)(H,100,118)(H,101,115)(H,102,124)(H,103,119)(H,104,120)(H,105,122)(H,106,123)(H,107,121)(H,116,117)/t64-,68+,69+,70+,71+,72+,73+,74-,75-,76+,77+,78?,82+/m1/s1. The van der Waals surface area contributed by atoms with Crippen LogP contribution in [0.4, 0.5) is 4.39 Å². The maximum Gasteiger partial charge on any atom is 0.305 e. The first-order valence-corrected chi connectivity index (χ1v) is 45.7. The topological polar surface area (TPSA) is 498 Å². The predicted octanol–water partition coefficient (Wildman–Crippen LogP) is 2.69. The van der Waals surface area contributed by atoms with E-state index in [9.17, 15) is 38.6 Å². The minimum Gasteiger partial charge on any atom is -0.508 e. The molecule has 3 fully saturated rings. The second-order valence-electron chi connectivity index (χ2n) is 34.7. The summed E-state index contributed by atoms with van der Waals surface area (Å²) in [5.41, 5.74) is 15.8. The van der Waals surface area contributed by atoms with Gasteiger partial charge in [0.1, 0.15) is 84.1 Å². The normalized spacial score (nSPS) is 23.8. The number of aliphatic carboxylic acids is 1. The lowest BCUT2D eigenvalue weighted by Crippen LogP contribution is -2.62. The number of nitrogens with two attached hydrogens (primary N) is 2. The van der Waals surface area contributed by atoms with E-state index in [0.29, 0.717) is 51.6 Å². The van der Waals surface area contributed by atoms with Gasteiger partial charge in [-0.3, -0.25) is 77.2 Å². The number of aromatic amines is 1. The molecule has 9 rings (SSSR count). The highest BCUT2D eigenvalue weighted by molar-refractivity contribution is 8.00. The van der Waals surface area contributed by atoms with Crippen molar-refractivity contribution < 1.29 is 91.3 Å². The molecule has 13 atom stereocenters. The molecule has 131 heavy (non-hydrogen) atoms. The van der Waals surface area contributed by atoms with Crippen molar-refractivity contribution in [3.63, 3.8) is 0 Å². The third-order valence-corrected chi connectivity index (χ3v) is 24.9. The molecule has 6 aromatic rings. The molecule has 14 amide bonds. The monoisotopic (exact) mass is 1830 g/mol. The zero-order valence-electron chi connectivity index (χ0n) is 75.7. The van der Waals surface area contributed by atoms with Crippen LogP contribution in [0.25, 0.3) is 10.9 Å². The van der Waals surface area contributed by atoms with Gasteiger partial charge in [0, 0.05) is 89.2 Å². The average Bonchev–Trinajstić information content (AvgIpc) is 1.70. The van der Waals surface area contributed by atoms with Crippen molar-refractivity contribution >= 4 is 111 Å². The Hall–Kier alpha value is -12.4. The molecular weight excluding hydrogens is 1710 g/mol. The van der Waals surface area contributed by atoms with Crippen LogP contribution in [0.3, 0.4) is 0 Å². The number of aromatic nitrogens is 1. The van der Waals surface area contributed by atoms with Crippen LogP contribution < -0.4 is 59.3 Å². The largest absolute Gasteiger partial charge is 0.508 e. The van der Waals surface area contributed by atoms with Gasteiger partial charge in [-0.25, -0.2) is 4.39 Å². The molecule has 0 aliphatic carbocycles. The number of carbonyl (C=O) groups excluding carboxylic acids is 14. The number of nitrogens with one attached hydrogen (secondary N) is 10. The number of H-pyrrole nitrogens is 1. The van der Waals surface area contributed by atoms with Crippen LogP contribution in [0, 0.1) is 24.6 Å². The van der Waals surface area contributed by atoms with E-state index >= 15 is 47.9 Å². The molecule has 4 heterocycles. The number of fused-ring (bicyclic) bond motifs is 3. The number of para-hydroxylation sites is 1. The lowest BCUT2D eigenvalue weighted by molar-refractivity contribution is -0.152. The molecule has 0 radical (unpaired) electrons. The quantitative estimate of drug-likeness (QED) is 0.0274. The van der Waals surface area contributed by atoms with E-state index in [-0.39, 0.29) is 140 Å². The number of nitrogens with zero attached hydrogens (tertiary/aromatic N) is 5. The highest BCUT2D eigenvalue weighted by Crippen LogP contribution is 2.28. The van der Waals surface area contributed by atoms with Gasteiger partial charge in [0.25, 0.3) is 0 Å². The molecule has 3 aliphatic heterocycles. The average molecular weight is 1830 g/mol. The number of primary amides is 1. The van der Waals surface area contributed by atoms with Crippen molar-refractivity contribution in [3.8, 4) is 5.75 Å². The number of aromatic hydroxyl groups is 1. The molecule has 0 saturated carbocycles. The summed E-state index contributed by atoms with van der Waals surface area (Å²) < 4.78 is 20.5. The summed E-state index contributed by atoms with van der Waals surface area (Å²) in [6.45, 7) is 9.54. The van der Waals surface area contributed by atoms with Crippen LogP contribution >= 0.6 is 11.8 Å². The lowest BCUT2D eigenvalue weighted by atomic mass is 9.98. The number of halogens is 1. The van der Waals surface area contributed by atoms with Crippen molar-refractivity contribution in [2.45, 2.75) is 216 Å². The molecule has 37 heteroatoms. The van der Waals surface area contributed by atoms with Gasteiger partial charge in [-0.15, -0.1) is 11.8 Å². The first kappa shape index (κ1) is 102. The Morgan fingerprint density at radius 3 is 1.69 bits per heavy atom. The first-order valence-electron chi connectivity index (χ1n) is 44.6. The van der Waals surface area contributed by atoms with E-state index in [1.165, 1.54) is 89.3 Å². The van der Waals surface area contributed by atoms with E-state index in [4.69, 9.17) is 16.2 Å². The lowest BCUT2D eigenvalue weighted by Gasteiger charge is -2.38. The summed E-state index contributed by atoms with van der Waals surface area (Å²) in [5.74, 6) is -15.1. The molecule has 0 bridgehead atoms. The maximum absolute atomic E-state index is 15.7. The highest BCUT2D eigenvalue weighted by Gasteiger charge is 2.46. The van der Waals surface area contributed by atoms with Crippen LogP contribution in [-0.2, 0) is 109 Å². The number of carboxylic acids is 1. The Kier molecular flexibility index (Phi) is 38.8. The van der Waals surface area contributed by atoms with Crippen molar-refractivity contribution in [1.29, 1.82) is 0 Å². The van der Waals surface area contributed by atoms with Crippen LogP contribution in [0.15, 0.2) is 134 Å². The summed E-state index contributed by atoms with van der Waals surface area (Å²) in [4.78, 5) is 232. The van der Waals surface area contributed by atoms with Crippen LogP contribution in [-0.4, -0.2) is 279 Å². The number of benzene rings is 5. The molecule has 0 spiro atoms. The van der Waals surface area contributed by atoms with Crippen molar-refractivity contribution in [2.24, 2.45) is 23.3 Å². The first-order chi connectivity index (χ1) is 62.5. The van der Waals surface area contributed by atoms with E-state index in [1.807, 2.05) is 39.8 Å². The zero-order valence-corrected chi connectivity index (χ0v) is 76.5. The van der Waals surface area contributed by atoms with E-state index < -0.39 is 185 Å². The Bertz CT molecular complexity index is 4950. The van der Waals surface area contributed by atoms with Crippen LogP contribution in [0.2, 0.25) is 0 Å².